The molecule has 0 fully saturated rings. The highest BCUT2D eigenvalue weighted by Crippen LogP contribution is 2.33. The van der Waals surface area contributed by atoms with Crippen molar-refractivity contribution in [2.75, 3.05) is 31.6 Å². The van der Waals surface area contributed by atoms with Gasteiger partial charge in [0.05, 0.1) is 24.8 Å². The third kappa shape index (κ3) is 9.63. The van der Waals surface area contributed by atoms with Crippen LogP contribution in [-0.2, 0) is 32.6 Å². The van der Waals surface area contributed by atoms with Crippen LogP contribution in [0.4, 0.5) is 5.69 Å². The average Bonchev–Trinajstić information content (AvgIpc) is 3.09. The number of sulfonamides is 1. The molecule has 0 aliphatic rings. The summed E-state index contributed by atoms with van der Waals surface area (Å²) in [7, 11) is -1.42. The number of unbranched alkanes of at least 4 members (excludes halogenated alkanes) is 1. The van der Waals surface area contributed by atoms with E-state index in [4.69, 9.17) is 9.47 Å². The number of hydrogen-bond donors (Lipinski definition) is 1. The zero-order valence-corrected chi connectivity index (χ0v) is 30.0. The monoisotopic (exact) mass is 685 g/mol. The van der Waals surface area contributed by atoms with Gasteiger partial charge in [0.15, 0.2) is 11.5 Å². The van der Waals surface area contributed by atoms with E-state index in [1.807, 2.05) is 88.4 Å². The molecule has 0 spiro atoms. The lowest BCUT2D eigenvalue weighted by atomic mass is 10.0. The predicted octanol–water partition coefficient (Wildman–Crippen LogP) is 6.38. The number of amides is 2. The summed E-state index contributed by atoms with van der Waals surface area (Å²) < 4.78 is 40.9. The third-order valence-corrected chi connectivity index (χ3v) is 10.1. The summed E-state index contributed by atoms with van der Waals surface area (Å²) in [6.45, 7) is 7.80. The first-order valence-corrected chi connectivity index (χ1v) is 17.9. The Morgan fingerprint density at radius 3 is 2.04 bits per heavy atom. The first-order valence-electron chi connectivity index (χ1n) is 16.5. The van der Waals surface area contributed by atoms with Crippen molar-refractivity contribution in [1.29, 1.82) is 0 Å². The van der Waals surface area contributed by atoms with Crippen molar-refractivity contribution in [3.8, 4) is 11.5 Å². The normalized spacial score (nSPS) is 11.8. The molecule has 0 radical (unpaired) electrons. The van der Waals surface area contributed by atoms with Gasteiger partial charge in [0.1, 0.15) is 12.6 Å². The topological polar surface area (TPSA) is 105 Å². The number of anilines is 1. The van der Waals surface area contributed by atoms with Crippen molar-refractivity contribution in [2.45, 2.75) is 64.4 Å². The quantitative estimate of drug-likeness (QED) is 0.137. The number of rotatable bonds is 16. The summed E-state index contributed by atoms with van der Waals surface area (Å²) in [5.41, 5.74) is 4.76. The van der Waals surface area contributed by atoms with E-state index in [0.29, 0.717) is 18.0 Å². The fourth-order valence-electron chi connectivity index (χ4n) is 5.68. The van der Waals surface area contributed by atoms with Gasteiger partial charge in [-0.1, -0.05) is 79.6 Å². The van der Waals surface area contributed by atoms with Crippen molar-refractivity contribution in [1.82, 2.24) is 10.2 Å². The van der Waals surface area contributed by atoms with E-state index in [1.54, 1.807) is 12.1 Å². The van der Waals surface area contributed by atoms with Gasteiger partial charge < -0.3 is 19.7 Å². The molecule has 4 aromatic rings. The summed E-state index contributed by atoms with van der Waals surface area (Å²) in [6.07, 6.45) is 1.94. The molecule has 4 rings (SSSR count). The Hall–Kier alpha value is -4.83. The largest absolute Gasteiger partial charge is 0.493 e. The molecule has 260 valence electrons. The number of carbonyl (C=O) groups excluding carboxylic acids is 2. The summed E-state index contributed by atoms with van der Waals surface area (Å²) in [6, 6.07) is 26.1. The van der Waals surface area contributed by atoms with E-state index >= 15 is 0 Å². The molecule has 0 saturated heterocycles. The molecule has 0 bridgehead atoms. The van der Waals surface area contributed by atoms with Crippen molar-refractivity contribution in [3.63, 3.8) is 0 Å². The second kappa shape index (κ2) is 17.0. The Morgan fingerprint density at radius 2 is 1.43 bits per heavy atom. The van der Waals surface area contributed by atoms with E-state index in [0.717, 1.165) is 45.0 Å². The second-order valence-corrected chi connectivity index (χ2v) is 14.1. The Kier molecular flexibility index (Phi) is 12.8. The smallest absolute Gasteiger partial charge is 0.264 e. The van der Waals surface area contributed by atoms with Crippen molar-refractivity contribution >= 4 is 27.5 Å². The van der Waals surface area contributed by atoms with Gasteiger partial charge in [-0.2, -0.15) is 0 Å². The molecule has 0 aliphatic heterocycles. The molecule has 9 nitrogen and oxygen atoms in total. The number of nitrogens with zero attached hydrogens (tertiary/aromatic N) is 2. The van der Waals surface area contributed by atoms with Crippen LogP contribution in [0.5, 0.6) is 11.5 Å². The van der Waals surface area contributed by atoms with E-state index < -0.39 is 28.5 Å². The highest BCUT2D eigenvalue weighted by molar-refractivity contribution is 7.92. The van der Waals surface area contributed by atoms with Crippen LogP contribution >= 0.6 is 0 Å². The minimum absolute atomic E-state index is 0.0691. The van der Waals surface area contributed by atoms with Crippen molar-refractivity contribution in [3.05, 3.63) is 119 Å². The number of ether oxygens (including phenoxy) is 2. The van der Waals surface area contributed by atoms with E-state index in [-0.39, 0.29) is 29.5 Å². The van der Waals surface area contributed by atoms with Crippen LogP contribution in [0.3, 0.4) is 0 Å². The van der Waals surface area contributed by atoms with Crippen molar-refractivity contribution < 1.29 is 27.5 Å². The Bertz CT molecular complexity index is 1810. The summed E-state index contributed by atoms with van der Waals surface area (Å²) in [5, 5.41) is 3.02. The molecule has 0 heterocycles. The third-order valence-electron chi connectivity index (χ3n) is 8.29. The first-order chi connectivity index (χ1) is 23.5. The van der Waals surface area contributed by atoms with Gasteiger partial charge in [0, 0.05) is 25.6 Å². The molecule has 0 saturated carbocycles. The number of nitrogens with one attached hydrogen (secondary N) is 1. The molecule has 1 N–H and O–H groups in total. The maximum Gasteiger partial charge on any atom is 0.264 e. The number of aryl methyl sites for hydroxylation is 3. The fourth-order valence-corrected chi connectivity index (χ4v) is 7.09. The molecule has 49 heavy (non-hydrogen) atoms. The maximum absolute atomic E-state index is 14.7. The lowest BCUT2D eigenvalue weighted by Gasteiger charge is -2.34. The van der Waals surface area contributed by atoms with E-state index in [9.17, 15) is 18.0 Å². The highest BCUT2D eigenvalue weighted by atomic mass is 32.2. The van der Waals surface area contributed by atoms with Gasteiger partial charge in [0.2, 0.25) is 11.8 Å². The lowest BCUT2D eigenvalue weighted by molar-refractivity contribution is -0.140. The van der Waals surface area contributed by atoms with Crippen LogP contribution in [0.15, 0.2) is 95.9 Å². The zero-order valence-electron chi connectivity index (χ0n) is 29.2. The van der Waals surface area contributed by atoms with Gasteiger partial charge in [-0.15, -0.1) is 0 Å². The van der Waals surface area contributed by atoms with Crippen LogP contribution in [0.1, 0.15) is 47.6 Å². The maximum atomic E-state index is 14.7. The zero-order chi connectivity index (χ0) is 35.6. The molecule has 10 heteroatoms. The Labute approximate surface area is 290 Å². The van der Waals surface area contributed by atoms with E-state index in [1.165, 1.54) is 37.3 Å². The predicted molar refractivity (Wildman–Crippen MR) is 194 cm³/mol. The Morgan fingerprint density at radius 1 is 0.776 bits per heavy atom. The van der Waals surface area contributed by atoms with Crippen LogP contribution in [-0.4, -0.2) is 58.5 Å². The molecule has 0 aromatic heterocycles. The van der Waals surface area contributed by atoms with Gasteiger partial charge in [-0.05, 0) is 73.7 Å². The summed E-state index contributed by atoms with van der Waals surface area (Å²) in [4.78, 5) is 30.1. The number of carbonyl (C=O) groups is 2. The SMILES string of the molecule is CCCCNC(=O)[C@@H](Cc1ccccc1)N(Cc1ccc(C)cc1)C(=O)CN(c1cc(C)cc(C)c1)S(=O)(=O)c1ccc(OC)c(OC)c1. The average molecular weight is 686 g/mol. The minimum Gasteiger partial charge on any atom is -0.493 e. The molecule has 1 atom stereocenters. The van der Waals surface area contributed by atoms with Crippen molar-refractivity contribution in [2.24, 2.45) is 0 Å². The van der Waals surface area contributed by atoms with Crippen LogP contribution < -0.4 is 19.1 Å². The fraction of sp³-hybridized carbons (Fsp3) is 0.333. The molecule has 2 amide bonds. The van der Waals surface area contributed by atoms with Crippen LogP contribution in [0.25, 0.3) is 0 Å². The lowest BCUT2D eigenvalue weighted by Crippen LogP contribution is -2.53. The van der Waals surface area contributed by atoms with Gasteiger partial charge in [-0.3, -0.25) is 13.9 Å². The molecule has 4 aromatic carbocycles. The summed E-state index contributed by atoms with van der Waals surface area (Å²) >= 11 is 0. The molecular weight excluding hydrogens is 639 g/mol. The van der Waals surface area contributed by atoms with E-state index in [2.05, 4.69) is 5.32 Å². The van der Waals surface area contributed by atoms with Crippen LogP contribution in [0.2, 0.25) is 0 Å². The number of methoxy groups -OCH3 is 2. The molecule has 0 aliphatic carbocycles. The van der Waals surface area contributed by atoms with Gasteiger partial charge in [-0.25, -0.2) is 8.42 Å². The highest BCUT2D eigenvalue weighted by Gasteiger charge is 2.35. The van der Waals surface area contributed by atoms with Gasteiger partial charge >= 0.3 is 0 Å². The number of benzene rings is 4. The van der Waals surface area contributed by atoms with Gasteiger partial charge in [0.25, 0.3) is 10.0 Å². The summed E-state index contributed by atoms with van der Waals surface area (Å²) in [5.74, 6) is -0.200. The first kappa shape index (κ1) is 37.0. The minimum atomic E-state index is -4.32. The molecular formula is C39H47N3O6S. The standard InChI is InChI=1S/C39H47N3O6S/c1-7-8-20-40-39(44)35(24-31-12-10-9-11-13-31)41(26-32-16-14-28(2)15-17-32)38(43)27-42(33-22-29(3)21-30(4)23-33)49(45,46)34-18-19-36(47-5)37(25-34)48-6/h9-19,21-23,25,35H,7-8,20,24,26-27H2,1-6H3,(H,40,44)/t35-/m1/s1. The second-order valence-electron chi connectivity index (χ2n) is 12.2. The molecule has 0 unspecified atom stereocenters. The Balaban J connectivity index is 1.84. The number of hydrogen-bond acceptors (Lipinski definition) is 6. The van der Waals surface area contributed by atoms with Crippen LogP contribution in [0, 0.1) is 20.8 Å².